The maximum Gasteiger partial charge on any atom is 0.338 e. The third-order valence-electron chi connectivity index (χ3n) is 5.12. The summed E-state index contributed by atoms with van der Waals surface area (Å²) in [5.74, 6) is 0.577. The summed E-state index contributed by atoms with van der Waals surface area (Å²) in [7, 11) is 3.10. The second-order valence-corrected chi connectivity index (χ2v) is 10.6. The van der Waals surface area contributed by atoms with Crippen LogP contribution < -0.4 is 24.4 Å². The Kier molecular flexibility index (Phi) is 6.87. The van der Waals surface area contributed by atoms with E-state index >= 15 is 0 Å². The number of allylic oxidation sites excluding steroid dienone is 1. The van der Waals surface area contributed by atoms with Crippen molar-refractivity contribution < 1.29 is 19.0 Å². The SMILES string of the molecule is CCOC(=O)C1=C(C)N=c2s/c(=C\c3ccc(Br)s3)c(=O)n2[C@H]1c1cc(OC)ccc1OC. The largest absolute Gasteiger partial charge is 0.497 e. The highest BCUT2D eigenvalue weighted by molar-refractivity contribution is 9.11. The lowest BCUT2D eigenvalue weighted by atomic mass is 9.95. The van der Waals surface area contributed by atoms with Crippen LogP contribution in [-0.2, 0) is 9.53 Å². The number of fused-ring (bicyclic) bond motifs is 1. The van der Waals surface area contributed by atoms with Gasteiger partial charge in [-0.25, -0.2) is 9.79 Å². The molecule has 0 saturated heterocycles. The minimum Gasteiger partial charge on any atom is -0.497 e. The molecular weight excluding hydrogens is 528 g/mol. The van der Waals surface area contributed by atoms with Crippen molar-refractivity contribution in [3.63, 3.8) is 0 Å². The molecule has 0 spiro atoms. The number of aromatic nitrogens is 1. The number of halogens is 1. The second kappa shape index (κ2) is 9.66. The zero-order valence-electron chi connectivity index (χ0n) is 18.4. The van der Waals surface area contributed by atoms with Crippen LogP contribution >= 0.6 is 38.6 Å². The molecule has 10 heteroatoms. The quantitative estimate of drug-likeness (QED) is 0.439. The van der Waals surface area contributed by atoms with Crippen molar-refractivity contribution in [3.8, 4) is 11.5 Å². The zero-order chi connectivity index (χ0) is 23.7. The van der Waals surface area contributed by atoms with Crippen LogP contribution in [0.1, 0.15) is 30.3 Å². The Hall–Kier alpha value is -2.69. The fourth-order valence-electron chi connectivity index (χ4n) is 3.67. The Morgan fingerprint density at radius 3 is 2.64 bits per heavy atom. The second-order valence-electron chi connectivity index (χ2n) is 7.05. The molecule has 0 aliphatic carbocycles. The lowest BCUT2D eigenvalue weighted by molar-refractivity contribution is -0.139. The van der Waals surface area contributed by atoms with Crippen molar-refractivity contribution in [1.29, 1.82) is 0 Å². The highest BCUT2D eigenvalue weighted by Crippen LogP contribution is 2.37. The Labute approximate surface area is 206 Å². The molecule has 1 atom stereocenters. The lowest BCUT2D eigenvalue weighted by Crippen LogP contribution is -2.40. The van der Waals surface area contributed by atoms with Gasteiger partial charge in [-0.1, -0.05) is 11.3 Å². The predicted molar refractivity (Wildman–Crippen MR) is 132 cm³/mol. The maximum atomic E-state index is 13.6. The highest BCUT2D eigenvalue weighted by atomic mass is 79.9. The number of ether oxygens (including phenoxy) is 3. The number of nitrogens with zero attached hydrogens (tertiary/aromatic N) is 2. The number of thiazole rings is 1. The van der Waals surface area contributed by atoms with Crippen LogP contribution in [0, 0.1) is 0 Å². The van der Waals surface area contributed by atoms with Crippen LogP contribution in [0.3, 0.4) is 0 Å². The molecule has 33 heavy (non-hydrogen) atoms. The molecule has 1 aliphatic rings. The van der Waals surface area contributed by atoms with Crippen molar-refractivity contribution >= 4 is 50.6 Å². The minimum atomic E-state index is -0.775. The standard InChI is InChI=1S/C23H21BrN2O5S2/c1-5-31-22(28)19-12(2)25-23-26(20(19)15-10-13(29-3)6-8-16(15)30-4)21(27)17(33-23)11-14-7-9-18(24)32-14/h6-11,20H,5H2,1-4H3/b17-11-/t20-/m0/s1. The molecule has 0 radical (unpaired) electrons. The molecule has 0 N–H and O–H groups in total. The van der Waals surface area contributed by atoms with E-state index in [9.17, 15) is 9.59 Å². The summed E-state index contributed by atoms with van der Waals surface area (Å²) in [5, 5.41) is 0. The monoisotopic (exact) mass is 548 g/mol. The molecule has 1 aliphatic heterocycles. The van der Waals surface area contributed by atoms with Gasteiger partial charge >= 0.3 is 5.97 Å². The molecule has 2 aromatic heterocycles. The fraction of sp³-hybridized carbons (Fsp3) is 0.261. The van der Waals surface area contributed by atoms with Crippen molar-refractivity contribution in [3.05, 3.63) is 75.5 Å². The van der Waals surface area contributed by atoms with Gasteiger partial charge in [0.2, 0.25) is 0 Å². The summed E-state index contributed by atoms with van der Waals surface area (Å²) < 4.78 is 19.4. The molecule has 172 valence electrons. The number of hydrogen-bond donors (Lipinski definition) is 0. The number of carbonyl (C=O) groups is 1. The number of carbonyl (C=O) groups excluding carboxylic acids is 1. The topological polar surface area (TPSA) is 79.1 Å². The Balaban J connectivity index is 2.02. The van der Waals surface area contributed by atoms with Crippen molar-refractivity contribution in [2.75, 3.05) is 20.8 Å². The number of benzene rings is 1. The first-order chi connectivity index (χ1) is 15.9. The number of hydrogen-bond acceptors (Lipinski definition) is 8. The van der Waals surface area contributed by atoms with Crippen LogP contribution in [0.25, 0.3) is 6.08 Å². The van der Waals surface area contributed by atoms with Crippen LogP contribution in [0.4, 0.5) is 0 Å². The maximum absolute atomic E-state index is 13.6. The van der Waals surface area contributed by atoms with Gasteiger partial charge in [0.05, 0.1) is 40.4 Å². The molecule has 3 aromatic rings. The summed E-state index contributed by atoms with van der Waals surface area (Å²) in [4.78, 5) is 32.7. The van der Waals surface area contributed by atoms with Gasteiger partial charge in [0.1, 0.15) is 17.5 Å². The van der Waals surface area contributed by atoms with Crippen LogP contribution in [0.2, 0.25) is 0 Å². The number of rotatable bonds is 6. The summed E-state index contributed by atoms with van der Waals surface area (Å²) in [6.07, 6.45) is 1.84. The van der Waals surface area contributed by atoms with Gasteiger partial charge in [-0.05, 0) is 66.2 Å². The third-order valence-corrected chi connectivity index (χ3v) is 7.67. The van der Waals surface area contributed by atoms with E-state index < -0.39 is 12.0 Å². The summed E-state index contributed by atoms with van der Waals surface area (Å²) in [6, 6.07) is 8.38. The van der Waals surface area contributed by atoms with E-state index in [2.05, 4.69) is 20.9 Å². The number of esters is 1. The Bertz CT molecular complexity index is 1430. The smallest absolute Gasteiger partial charge is 0.338 e. The molecule has 0 amide bonds. The Morgan fingerprint density at radius 2 is 2.00 bits per heavy atom. The first-order valence-electron chi connectivity index (χ1n) is 10.0. The average Bonchev–Trinajstić information content (AvgIpc) is 3.34. The molecule has 0 saturated carbocycles. The van der Waals surface area contributed by atoms with Gasteiger partial charge in [0.15, 0.2) is 4.80 Å². The molecule has 0 fully saturated rings. The van der Waals surface area contributed by atoms with E-state index in [1.807, 2.05) is 18.2 Å². The van der Waals surface area contributed by atoms with Gasteiger partial charge in [-0.15, -0.1) is 11.3 Å². The van der Waals surface area contributed by atoms with Crippen LogP contribution in [0.15, 0.2) is 55.2 Å². The van der Waals surface area contributed by atoms with Gasteiger partial charge in [0, 0.05) is 10.4 Å². The lowest BCUT2D eigenvalue weighted by Gasteiger charge is -2.26. The van der Waals surface area contributed by atoms with E-state index in [0.717, 1.165) is 8.66 Å². The molecular formula is C23H21BrN2O5S2. The van der Waals surface area contributed by atoms with Crippen LogP contribution in [0.5, 0.6) is 11.5 Å². The number of methoxy groups -OCH3 is 2. The first-order valence-corrected chi connectivity index (χ1v) is 12.5. The van der Waals surface area contributed by atoms with E-state index in [1.165, 1.54) is 27.2 Å². The molecule has 1 aromatic carbocycles. The van der Waals surface area contributed by atoms with Gasteiger partial charge in [-0.3, -0.25) is 9.36 Å². The normalized spacial score (nSPS) is 15.8. The summed E-state index contributed by atoms with van der Waals surface area (Å²) in [5.41, 5.74) is 1.16. The molecule has 7 nitrogen and oxygen atoms in total. The van der Waals surface area contributed by atoms with Crippen molar-refractivity contribution in [2.24, 2.45) is 4.99 Å². The molecule has 4 rings (SSSR count). The van der Waals surface area contributed by atoms with Crippen molar-refractivity contribution in [1.82, 2.24) is 4.57 Å². The van der Waals surface area contributed by atoms with E-state index in [1.54, 1.807) is 46.3 Å². The molecule has 0 unspecified atom stereocenters. The number of thiophene rings is 1. The van der Waals surface area contributed by atoms with Gasteiger partial charge in [-0.2, -0.15) is 0 Å². The van der Waals surface area contributed by atoms with Gasteiger partial charge in [0.25, 0.3) is 5.56 Å². The minimum absolute atomic E-state index is 0.204. The van der Waals surface area contributed by atoms with Gasteiger partial charge < -0.3 is 14.2 Å². The molecule has 3 heterocycles. The van der Waals surface area contributed by atoms with E-state index in [4.69, 9.17) is 14.2 Å². The highest BCUT2D eigenvalue weighted by Gasteiger charge is 2.35. The predicted octanol–water partition coefficient (Wildman–Crippen LogP) is 3.64. The molecule has 0 bridgehead atoms. The van der Waals surface area contributed by atoms with Crippen molar-refractivity contribution in [2.45, 2.75) is 19.9 Å². The average molecular weight is 549 g/mol. The van der Waals surface area contributed by atoms with E-state index in [-0.39, 0.29) is 12.2 Å². The first kappa shape index (κ1) is 23.5. The zero-order valence-corrected chi connectivity index (χ0v) is 21.6. The summed E-state index contributed by atoms with van der Waals surface area (Å²) >= 11 is 6.26. The summed E-state index contributed by atoms with van der Waals surface area (Å²) in [6.45, 7) is 3.69. The Morgan fingerprint density at radius 1 is 1.21 bits per heavy atom. The van der Waals surface area contributed by atoms with E-state index in [0.29, 0.717) is 37.7 Å². The van der Waals surface area contributed by atoms with Crippen LogP contribution in [-0.4, -0.2) is 31.4 Å². The third kappa shape index (κ3) is 4.42. The fourth-order valence-corrected chi connectivity index (χ4v) is 6.15.